The number of nitrogens with one attached hydrogen (secondary N) is 2. The van der Waals surface area contributed by atoms with Gasteiger partial charge in [0.15, 0.2) is 11.5 Å². The van der Waals surface area contributed by atoms with Crippen molar-refractivity contribution in [3.05, 3.63) is 78.0 Å². The first-order valence-corrected chi connectivity index (χ1v) is 9.87. The highest BCUT2D eigenvalue weighted by Gasteiger charge is 2.15. The molecule has 0 fully saturated rings. The van der Waals surface area contributed by atoms with Crippen molar-refractivity contribution in [2.45, 2.75) is 26.4 Å². The van der Waals surface area contributed by atoms with Crippen molar-refractivity contribution in [3.63, 3.8) is 0 Å². The Morgan fingerprint density at radius 2 is 1.94 bits per heavy atom. The summed E-state index contributed by atoms with van der Waals surface area (Å²) in [4.78, 5) is 21.0. The smallest absolute Gasteiger partial charge is 0.255 e. The first-order chi connectivity index (χ1) is 14.9. The van der Waals surface area contributed by atoms with E-state index in [1.165, 1.54) is 12.1 Å². The first-order valence-electron chi connectivity index (χ1n) is 9.87. The number of halogens is 1. The van der Waals surface area contributed by atoms with E-state index in [9.17, 15) is 14.3 Å². The molecule has 0 radical (unpaired) electrons. The minimum atomic E-state index is -0.325. The lowest BCUT2D eigenvalue weighted by molar-refractivity contribution is 0.0940. The average molecular weight is 419 g/mol. The number of carbonyl (C=O) groups is 1. The van der Waals surface area contributed by atoms with Gasteiger partial charge in [0.25, 0.3) is 5.91 Å². The lowest BCUT2D eigenvalue weighted by Gasteiger charge is -2.11. The van der Waals surface area contributed by atoms with Crippen LogP contribution in [0.25, 0.3) is 16.9 Å². The molecule has 0 bridgehead atoms. The molecule has 31 heavy (non-hydrogen) atoms. The fourth-order valence-electron chi connectivity index (χ4n) is 3.27. The Kier molecular flexibility index (Phi) is 5.53. The molecule has 0 atom stereocenters. The maximum atomic E-state index is 13.1. The Bertz CT molecular complexity index is 1230. The molecule has 7 nitrogen and oxygen atoms in total. The maximum Gasteiger partial charge on any atom is 0.255 e. The van der Waals surface area contributed by atoms with Gasteiger partial charge in [-0.25, -0.2) is 14.4 Å². The molecular weight excluding hydrogens is 397 g/mol. The Morgan fingerprint density at radius 3 is 2.65 bits per heavy atom. The van der Waals surface area contributed by atoms with Crippen LogP contribution >= 0.6 is 0 Å². The molecular formula is C23H22FN5O2. The fraction of sp³-hybridized carbons (Fsp3) is 0.174. The monoisotopic (exact) mass is 419 g/mol. The van der Waals surface area contributed by atoms with Crippen molar-refractivity contribution in [3.8, 4) is 17.0 Å². The van der Waals surface area contributed by atoms with E-state index in [2.05, 4.69) is 20.6 Å². The third-order valence-electron chi connectivity index (χ3n) is 4.76. The molecule has 0 spiro atoms. The summed E-state index contributed by atoms with van der Waals surface area (Å²) in [5.41, 5.74) is 3.20. The largest absolute Gasteiger partial charge is 0.507 e. The number of phenolic OH excluding ortho intramolecular Hbond substituents is 1. The molecule has 0 unspecified atom stereocenters. The molecule has 2 aromatic carbocycles. The number of hydrogen-bond acceptors (Lipinski definition) is 5. The summed E-state index contributed by atoms with van der Waals surface area (Å²) in [6.45, 7) is 4.19. The molecule has 0 aliphatic carbocycles. The summed E-state index contributed by atoms with van der Waals surface area (Å²) >= 11 is 0. The van der Waals surface area contributed by atoms with Crippen LogP contribution in [0.4, 0.5) is 10.2 Å². The number of phenols is 1. The van der Waals surface area contributed by atoms with E-state index in [1.807, 2.05) is 18.2 Å². The molecule has 8 heteroatoms. The van der Waals surface area contributed by atoms with Crippen molar-refractivity contribution in [1.82, 2.24) is 19.7 Å². The lowest BCUT2D eigenvalue weighted by Crippen LogP contribution is -2.30. The molecule has 2 heterocycles. The van der Waals surface area contributed by atoms with Crippen LogP contribution in [0.15, 0.2) is 61.1 Å². The zero-order valence-corrected chi connectivity index (χ0v) is 17.1. The standard InChI is InChI=1S/C23H22FN5O2/c1-14(2)28-23(31)18-8-5-16(11-20(18)30)19-13-27-22-21(25-9-10-29(19)22)26-12-15-3-6-17(24)7-4-15/h3-11,13-14,30H,12H2,1-2H3,(H,25,26)(H,28,31). The summed E-state index contributed by atoms with van der Waals surface area (Å²) in [6.07, 6.45) is 5.11. The topological polar surface area (TPSA) is 91.5 Å². The molecule has 0 saturated heterocycles. The Labute approximate surface area is 178 Å². The molecule has 1 amide bonds. The number of aromatic hydroxyl groups is 1. The molecule has 0 saturated carbocycles. The van der Waals surface area contributed by atoms with E-state index in [0.717, 1.165) is 11.3 Å². The van der Waals surface area contributed by atoms with Crippen molar-refractivity contribution in [1.29, 1.82) is 0 Å². The van der Waals surface area contributed by atoms with Gasteiger partial charge < -0.3 is 15.7 Å². The minimum absolute atomic E-state index is 0.0290. The highest BCUT2D eigenvalue weighted by Crippen LogP contribution is 2.28. The Hall–Kier alpha value is -3.94. The summed E-state index contributed by atoms with van der Waals surface area (Å²) in [7, 11) is 0. The van der Waals surface area contributed by atoms with Crippen LogP contribution in [0.1, 0.15) is 29.8 Å². The third-order valence-corrected chi connectivity index (χ3v) is 4.76. The molecule has 2 aromatic heterocycles. The highest BCUT2D eigenvalue weighted by molar-refractivity contribution is 5.97. The van der Waals surface area contributed by atoms with Gasteiger partial charge in [0.2, 0.25) is 0 Å². The van der Waals surface area contributed by atoms with Crippen molar-refractivity contribution in [2.75, 3.05) is 5.32 Å². The van der Waals surface area contributed by atoms with Crippen LogP contribution in [-0.2, 0) is 6.54 Å². The fourth-order valence-corrected chi connectivity index (χ4v) is 3.27. The van der Waals surface area contributed by atoms with E-state index in [4.69, 9.17) is 0 Å². The van der Waals surface area contributed by atoms with Crippen LogP contribution in [0.3, 0.4) is 0 Å². The van der Waals surface area contributed by atoms with Crippen LogP contribution in [-0.4, -0.2) is 31.4 Å². The van der Waals surface area contributed by atoms with Gasteiger partial charge in [0.05, 0.1) is 17.5 Å². The predicted molar refractivity (Wildman–Crippen MR) is 116 cm³/mol. The van der Waals surface area contributed by atoms with Gasteiger partial charge in [0, 0.05) is 30.5 Å². The van der Waals surface area contributed by atoms with Gasteiger partial charge in [-0.1, -0.05) is 18.2 Å². The number of carbonyl (C=O) groups excluding carboxylic acids is 1. The summed E-state index contributed by atoms with van der Waals surface area (Å²) in [5, 5.41) is 16.4. The number of anilines is 1. The van der Waals surface area contributed by atoms with Crippen LogP contribution in [0, 0.1) is 5.82 Å². The van der Waals surface area contributed by atoms with Gasteiger partial charge >= 0.3 is 0 Å². The second-order valence-corrected chi connectivity index (χ2v) is 7.45. The SMILES string of the molecule is CC(C)NC(=O)c1ccc(-c2cnc3c(NCc4ccc(F)cc4)nccn23)cc1O. The molecule has 3 N–H and O–H groups in total. The summed E-state index contributed by atoms with van der Waals surface area (Å²) in [6, 6.07) is 11.1. The highest BCUT2D eigenvalue weighted by atomic mass is 19.1. The van der Waals surface area contributed by atoms with Crippen LogP contribution in [0.5, 0.6) is 5.75 Å². The molecule has 158 valence electrons. The second-order valence-electron chi connectivity index (χ2n) is 7.45. The van der Waals surface area contributed by atoms with Gasteiger partial charge in [-0.05, 0) is 43.7 Å². The zero-order chi connectivity index (χ0) is 22.0. The Morgan fingerprint density at radius 1 is 1.16 bits per heavy atom. The summed E-state index contributed by atoms with van der Waals surface area (Å²) < 4.78 is 14.9. The van der Waals surface area contributed by atoms with Gasteiger partial charge in [-0.2, -0.15) is 0 Å². The lowest BCUT2D eigenvalue weighted by atomic mass is 10.1. The zero-order valence-electron chi connectivity index (χ0n) is 17.1. The first kappa shape index (κ1) is 20.3. The number of aromatic nitrogens is 3. The molecule has 4 aromatic rings. The minimum Gasteiger partial charge on any atom is -0.507 e. The van der Waals surface area contributed by atoms with Gasteiger partial charge in [-0.15, -0.1) is 0 Å². The average Bonchev–Trinajstić information content (AvgIpc) is 3.17. The van der Waals surface area contributed by atoms with Crippen LogP contribution in [0.2, 0.25) is 0 Å². The Balaban J connectivity index is 1.61. The van der Waals surface area contributed by atoms with E-state index in [-0.39, 0.29) is 29.1 Å². The number of amides is 1. The number of imidazole rings is 1. The molecule has 0 aliphatic rings. The number of fused-ring (bicyclic) bond motifs is 1. The van der Waals surface area contributed by atoms with Crippen molar-refractivity contribution in [2.24, 2.45) is 0 Å². The van der Waals surface area contributed by atoms with Gasteiger partial charge in [-0.3, -0.25) is 9.20 Å². The second kappa shape index (κ2) is 8.43. The number of hydrogen-bond donors (Lipinski definition) is 3. The van der Waals surface area contributed by atoms with Crippen molar-refractivity contribution >= 4 is 17.4 Å². The van der Waals surface area contributed by atoms with E-state index in [1.54, 1.807) is 48.9 Å². The van der Waals surface area contributed by atoms with E-state index >= 15 is 0 Å². The number of benzene rings is 2. The summed E-state index contributed by atoms with van der Waals surface area (Å²) in [5.74, 6) is -0.129. The quantitative estimate of drug-likeness (QED) is 0.440. The van der Waals surface area contributed by atoms with Gasteiger partial charge in [0.1, 0.15) is 11.6 Å². The number of rotatable bonds is 6. The molecule has 0 aliphatic heterocycles. The number of nitrogens with zero attached hydrogens (tertiary/aromatic N) is 3. The van der Waals surface area contributed by atoms with Crippen LogP contribution < -0.4 is 10.6 Å². The maximum absolute atomic E-state index is 13.1. The van der Waals surface area contributed by atoms with E-state index in [0.29, 0.717) is 23.6 Å². The third kappa shape index (κ3) is 4.32. The van der Waals surface area contributed by atoms with Crippen molar-refractivity contribution < 1.29 is 14.3 Å². The van der Waals surface area contributed by atoms with E-state index < -0.39 is 0 Å². The normalized spacial score (nSPS) is 11.1. The molecule has 4 rings (SSSR count). The predicted octanol–water partition coefficient (Wildman–Crippen LogP) is 3.99.